The van der Waals surface area contributed by atoms with Crippen molar-refractivity contribution in [2.45, 2.75) is 25.9 Å². The zero-order valence-corrected chi connectivity index (χ0v) is 9.45. The molecular weight excluding hydrogens is 186 g/mol. The Hall–Kier alpha value is -0.800. The van der Waals surface area contributed by atoms with Gasteiger partial charge in [-0.05, 0) is 30.4 Å². The predicted octanol–water partition coefficient (Wildman–Crippen LogP) is 1.05. The molecule has 2 aliphatic rings. The lowest BCUT2D eigenvalue weighted by atomic mass is 9.99. The van der Waals surface area contributed by atoms with Crippen LogP contribution in [0.3, 0.4) is 0 Å². The molecule has 1 saturated heterocycles. The third kappa shape index (κ3) is 2.61. The van der Waals surface area contributed by atoms with Gasteiger partial charge in [0.15, 0.2) is 0 Å². The van der Waals surface area contributed by atoms with Gasteiger partial charge in [-0.1, -0.05) is 13.0 Å². The Morgan fingerprint density at radius 2 is 2.47 bits per heavy atom. The number of dihydropyridines is 1. The van der Waals surface area contributed by atoms with Crippen LogP contribution in [0.1, 0.15) is 19.8 Å². The van der Waals surface area contributed by atoms with Crippen molar-refractivity contribution in [3.63, 3.8) is 0 Å². The van der Waals surface area contributed by atoms with Crippen LogP contribution in [0.25, 0.3) is 0 Å². The smallest absolute Gasteiger partial charge is 0.0985 e. The van der Waals surface area contributed by atoms with Crippen LogP contribution in [0.5, 0.6) is 0 Å². The quantitative estimate of drug-likeness (QED) is 0.711. The maximum absolute atomic E-state index is 5.58. The van der Waals surface area contributed by atoms with Gasteiger partial charge in [0.05, 0.1) is 6.17 Å². The highest BCUT2D eigenvalue weighted by atomic mass is 15.3. The molecule has 0 spiro atoms. The molecule has 0 amide bonds. The van der Waals surface area contributed by atoms with Crippen LogP contribution in [0.4, 0.5) is 0 Å². The average molecular weight is 207 g/mol. The molecule has 3 heteroatoms. The third-order valence-electron chi connectivity index (χ3n) is 3.25. The van der Waals surface area contributed by atoms with E-state index >= 15 is 0 Å². The summed E-state index contributed by atoms with van der Waals surface area (Å²) in [5, 5.41) is 3.41. The largest absolute Gasteiger partial charge is 0.372 e. The molecular formula is C12H21N3. The van der Waals surface area contributed by atoms with E-state index in [0.717, 1.165) is 5.92 Å². The van der Waals surface area contributed by atoms with Gasteiger partial charge in [-0.15, -0.1) is 0 Å². The van der Waals surface area contributed by atoms with Crippen molar-refractivity contribution in [3.8, 4) is 0 Å². The van der Waals surface area contributed by atoms with E-state index in [-0.39, 0.29) is 0 Å². The molecule has 15 heavy (non-hydrogen) atoms. The summed E-state index contributed by atoms with van der Waals surface area (Å²) in [6, 6.07) is 0. The molecule has 1 unspecified atom stereocenters. The predicted molar refractivity (Wildman–Crippen MR) is 63.2 cm³/mol. The molecule has 3 nitrogen and oxygen atoms in total. The van der Waals surface area contributed by atoms with Crippen molar-refractivity contribution in [2.24, 2.45) is 11.7 Å². The third-order valence-corrected chi connectivity index (χ3v) is 3.25. The van der Waals surface area contributed by atoms with Crippen molar-refractivity contribution in [1.82, 2.24) is 10.2 Å². The zero-order valence-electron chi connectivity index (χ0n) is 9.45. The fourth-order valence-electron chi connectivity index (χ4n) is 2.34. The first-order valence-corrected chi connectivity index (χ1v) is 5.87. The highest BCUT2D eigenvalue weighted by Gasteiger charge is 2.22. The Morgan fingerprint density at radius 3 is 3.07 bits per heavy atom. The lowest BCUT2D eigenvalue weighted by molar-refractivity contribution is 0.141. The second-order valence-electron chi connectivity index (χ2n) is 4.64. The number of nitrogens with two attached hydrogens (primary N) is 1. The summed E-state index contributed by atoms with van der Waals surface area (Å²) in [6.07, 6.45) is 9.48. The van der Waals surface area contributed by atoms with E-state index in [9.17, 15) is 0 Å². The molecule has 2 heterocycles. The molecule has 0 bridgehead atoms. The second kappa shape index (κ2) is 4.81. The van der Waals surface area contributed by atoms with E-state index in [1.54, 1.807) is 0 Å². The van der Waals surface area contributed by atoms with Crippen LogP contribution >= 0.6 is 0 Å². The molecule has 3 N–H and O–H groups in total. The van der Waals surface area contributed by atoms with Crippen molar-refractivity contribution in [3.05, 3.63) is 23.9 Å². The maximum Gasteiger partial charge on any atom is 0.0985 e. The SMILES string of the molecule is C[C@@H]1CCCN(C2C=CC(CN)=CN2)C1. The number of hydrogen-bond acceptors (Lipinski definition) is 3. The normalized spacial score (nSPS) is 32.3. The van der Waals surface area contributed by atoms with E-state index in [4.69, 9.17) is 5.73 Å². The van der Waals surface area contributed by atoms with Crippen molar-refractivity contribution < 1.29 is 0 Å². The lowest BCUT2D eigenvalue weighted by Gasteiger charge is -2.37. The number of rotatable bonds is 2. The van der Waals surface area contributed by atoms with E-state index in [1.807, 2.05) is 6.20 Å². The first-order chi connectivity index (χ1) is 7.29. The highest BCUT2D eigenvalue weighted by molar-refractivity contribution is 5.24. The number of hydrogen-bond donors (Lipinski definition) is 2. The van der Waals surface area contributed by atoms with Gasteiger partial charge in [0.1, 0.15) is 0 Å². The van der Waals surface area contributed by atoms with Gasteiger partial charge in [0.25, 0.3) is 0 Å². The van der Waals surface area contributed by atoms with Gasteiger partial charge in [0, 0.05) is 25.8 Å². The standard InChI is InChI=1S/C12H21N3/c1-10-3-2-6-15(9-10)12-5-4-11(7-13)8-14-12/h4-5,8,10,12,14H,2-3,6-7,9,13H2,1H3/t10-,12?/m1/s1. The molecule has 2 aliphatic heterocycles. The molecule has 0 saturated carbocycles. The van der Waals surface area contributed by atoms with Gasteiger partial charge in [-0.3, -0.25) is 4.90 Å². The minimum absolute atomic E-state index is 0.378. The fraction of sp³-hybridized carbons (Fsp3) is 0.667. The van der Waals surface area contributed by atoms with Crippen LogP contribution in [-0.2, 0) is 0 Å². The summed E-state index contributed by atoms with van der Waals surface area (Å²) >= 11 is 0. The summed E-state index contributed by atoms with van der Waals surface area (Å²) < 4.78 is 0. The Bertz CT molecular complexity index is 270. The van der Waals surface area contributed by atoms with E-state index in [2.05, 4.69) is 29.3 Å². The van der Waals surface area contributed by atoms with Crippen LogP contribution in [-0.4, -0.2) is 30.7 Å². The summed E-state index contributed by atoms with van der Waals surface area (Å²) in [5.41, 5.74) is 6.75. The van der Waals surface area contributed by atoms with Crippen molar-refractivity contribution in [1.29, 1.82) is 0 Å². The van der Waals surface area contributed by atoms with Crippen LogP contribution in [0.2, 0.25) is 0 Å². The van der Waals surface area contributed by atoms with Crippen molar-refractivity contribution in [2.75, 3.05) is 19.6 Å². The first kappa shape index (κ1) is 10.7. The number of likely N-dealkylation sites (tertiary alicyclic amines) is 1. The zero-order chi connectivity index (χ0) is 10.7. The minimum atomic E-state index is 0.378. The monoisotopic (exact) mass is 207 g/mol. The van der Waals surface area contributed by atoms with Gasteiger partial charge in [-0.25, -0.2) is 0 Å². The number of piperidine rings is 1. The summed E-state index contributed by atoms with van der Waals surface area (Å²) in [6.45, 7) is 5.36. The Kier molecular flexibility index (Phi) is 3.44. The molecule has 1 fully saturated rings. The molecule has 2 rings (SSSR count). The van der Waals surface area contributed by atoms with Gasteiger partial charge >= 0.3 is 0 Å². The van der Waals surface area contributed by atoms with Crippen LogP contribution in [0, 0.1) is 5.92 Å². The molecule has 0 aromatic heterocycles. The summed E-state index contributed by atoms with van der Waals surface area (Å²) in [7, 11) is 0. The Balaban J connectivity index is 1.91. The molecule has 84 valence electrons. The Morgan fingerprint density at radius 1 is 1.60 bits per heavy atom. The molecule has 0 aliphatic carbocycles. The maximum atomic E-state index is 5.58. The van der Waals surface area contributed by atoms with Gasteiger partial charge < -0.3 is 11.1 Å². The Labute approximate surface area is 92.0 Å². The number of nitrogens with zero attached hydrogens (tertiary/aromatic N) is 1. The van der Waals surface area contributed by atoms with Gasteiger partial charge in [-0.2, -0.15) is 0 Å². The molecule has 0 aromatic carbocycles. The fourth-order valence-corrected chi connectivity index (χ4v) is 2.34. The molecule has 0 aromatic rings. The summed E-state index contributed by atoms with van der Waals surface area (Å²) in [5.74, 6) is 0.828. The van der Waals surface area contributed by atoms with Crippen LogP contribution in [0.15, 0.2) is 23.9 Å². The van der Waals surface area contributed by atoms with E-state index in [1.165, 1.54) is 31.5 Å². The van der Waals surface area contributed by atoms with E-state index < -0.39 is 0 Å². The second-order valence-corrected chi connectivity index (χ2v) is 4.64. The minimum Gasteiger partial charge on any atom is -0.372 e. The summed E-state index contributed by atoms with van der Waals surface area (Å²) in [4.78, 5) is 2.51. The first-order valence-electron chi connectivity index (χ1n) is 5.87. The molecule has 0 radical (unpaired) electrons. The number of nitrogens with one attached hydrogen (secondary N) is 1. The lowest BCUT2D eigenvalue weighted by Crippen LogP contribution is -2.48. The topological polar surface area (TPSA) is 41.3 Å². The van der Waals surface area contributed by atoms with Crippen molar-refractivity contribution >= 4 is 0 Å². The van der Waals surface area contributed by atoms with Crippen LogP contribution < -0.4 is 11.1 Å². The van der Waals surface area contributed by atoms with E-state index in [0.29, 0.717) is 12.7 Å². The molecule has 2 atom stereocenters. The average Bonchev–Trinajstić information content (AvgIpc) is 2.29. The van der Waals surface area contributed by atoms with Gasteiger partial charge in [0.2, 0.25) is 0 Å². The highest BCUT2D eigenvalue weighted by Crippen LogP contribution is 2.18.